The van der Waals surface area contributed by atoms with Crippen molar-refractivity contribution < 1.29 is 9.53 Å². The summed E-state index contributed by atoms with van der Waals surface area (Å²) in [6, 6.07) is 10.0. The number of ether oxygens (including phenoxy) is 1. The fourth-order valence-electron chi connectivity index (χ4n) is 5.65. The number of ketones is 1. The van der Waals surface area contributed by atoms with E-state index in [-0.39, 0.29) is 12.0 Å². The van der Waals surface area contributed by atoms with E-state index >= 15 is 0 Å². The van der Waals surface area contributed by atoms with Crippen LogP contribution in [0.2, 0.25) is 0 Å². The number of fused-ring (bicyclic) bond motifs is 2. The van der Waals surface area contributed by atoms with Crippen LogP contribution in [0, 0.1) is 40.9 Å². The van der Waals surface area contributed by atoms with Gasteiger partial charge < -0.3 is 4.74 Å². The number of carbonyl (C=O) groups is 1. The van der Waals surface area contributed by atoms with Crippen LogP contribution in [0.1, 0.15) is 64.4 Å². The first-order valence-corrected chi connectivity index (χ1v) is 10.8. The lowest BCUT2D eigenvalue weighted by Crippen LogP contribution is -2.53. The molecular formula is C25H32O2. The average molecular weight is 365 g/mol. The summed E-state index contributed by atoms with van der Waals surface area (Å²) in [5, 5.41) is 0. The van der Waals surface area contributed by atoms with Crippen molar-refractivity contribution in [2.75, 3.05) is 6.61 Å². The molecule has 0 radical (unpaired) electrons. The standard InChI is InChI=1S/C25H32O2/c1-25(2)20-14-13-19(22(25)16-20)17-27-24(21-10-6-7-11-23(21)26)15-12-18-8-4-3-5-9-18/h3-5,8-9,19-22,24H,6-7,10-11,13-14,16-17H2,1-2H3/t19-,20+,21-,22+,24+/m0/s1. The Balaban J connectivity index is 1.46. The summed E-state index contributed by atoms with van der Waals surface area (Å²) < 4.78 is 6.41. The second kappa shape index (κ2) is 7.80. The molecular weight excluding hydrogens is 332 g/mol. The van der Waals surface area contributed by atoms with Gasteiger partial charge in [-0.05, 0) is 67.4 Å². The van der Waals surface area contributed by atoms with Crippen molar-refractivity contribution in [3.05, 3.63) is 35.9 Å². The predicted octanol–water partition coefficient (Wildman–Crippen LogP) is 5.25. The molecule has 4 fully saturated rings. The topological polar surface area (TPSA) is 26.3 Å². The Morgan fingerprint density at radius 2 is 1.96 bits per heavy atom. The Bertz CT molecular complexity index is 722. The number of carbonyl (C=O) groups excluding carboxylic acids is 1. The first-order valence-electron chi connectivity index (χ1n) is 10.8. The van der Waals surface area contributed by atoms with Gasteiger partial charge in [-0.2, -0.15) is 0 Å². The van der Waals surface area contributed by atoms with Gasteiger partial charge in [-0.15, -0.1) is 0 Å². The summed E-state index contributed by atoms with van der Waals surface area (Å²) in [6.45, 7) is 5.61. The van der Waals surface area contributed by atoms with Crippen molar-refractivity contribution in [1.29, 1.82) is 0 Å². The summed E-state index contributed by atoms with van der Waals surface area (Å²) >= 11 is 0. The number of rotatable bonds is 4. The average Bonchev–Trinajstić information content (AvgIpc) is 2.69. The molecule has 0 aliphatic heterocycles. The van der Waals surface area contributed by atoms with Gasteiger partial charge in [0.25, 0.3) is 0 Å². The van der Waals surface area contributed by atoms with Crippen LogP contribution in [0.3, 0.4) is 0 Å². The summed E-state index contributed by atoms with van der Waals surface area (Å²) in [4.78, 5) is 12.5. The molecule has 144 valence electrons. The maximum Gasteiger partial charge on any atom is 0.139 e. The Morgan fingerprint density at radius 1 is 1.15 bits per heavy atom. The largest absolute Gasteiger partial charge is 0.364 e. The zero-order valence-corrected chi connectivity index (χ0v) is 16.7. The van der Waals surface area contributed by atoms with Crippen molar-refractivity contribution in [3.8, 4) is 11.8 Å². The number of Topliss-reactive ketones (excluding diaryl/α,β-unsaturated/α-hetero) is 1. The minimum atomic E-state index is -0.251. The molecule has 0 aromatic heterocycles. The molecule has 4 saturated carbocycles. The summed E-state index contributed by atoms with van der Waals surface area (Å²) in [5.74, 6) is 9.22. The van der Waals surface area contributed by atoms with Crippen LogP contribution in [0.25, 0.3) is 0 Å². The molecule has 1 aromatic rings. The maximum atomic E-state index is 12.5. The Morgan fingerprint density at radius 3 is 2.67 bits per heavy atom. The molecule has 1 aromatic carbocycles. The third-order valence-corrected chi connectivity index (χ3v) is 7.59. The minimum Gasteiger partial charge on any atom is -0.364 e. The van der Waals surface area contributed by atoms with E-state index in [9.17, 15) is 4.79 Å². The number of hydrogen-bond donors (Lipinski definition) is 0. The highest BCUT2D eigenvalue weighted by atomic mass is 16.5. The van der Waals surface area contributed by atoms with E-state index in [0.717, 1.165) is 43.3 Å². The van der Waals surface area contributed by atoms with Gasteiger partial charge in [-0.25, -0.2) is 0 Å². The fourth-order valence-corrected chi connectivity index (χ4v) is 5.65. The van der Waals surface area contributed by atoms with Crippen molar-refractivity contribution >= 4 is 5.78 Å². The van der Waals surface area contributed by atoms with Crippen molar-refractivity contribution in [3.63, 3.8) is 0 Å². The molecule has 4 aliphatic carbocycles. The Kier molecular flexibility index (Phi) is 5.42. The summed E-state index contributed by atoms with van der Waals surface area (Å²) in [7, 11) is 0. The lowest BCUT2D eigenvalue weighted by molar-refractivity contribution is -0.139. The van der Waals surface area contributed by atoms with E-state index in [1.54, 1.807) is 0 Å². The maximum absolute atomic E-state index is 12.5. The van der Waals surface area contributed by atoms with Gasteiger partial charge in [0.05, 0.1) is 12.5 Å². The second-order valence-corrected chi connectivity index (χ2v) is 9.41. The molecule has 27 heavy (non-hydrogen) atoms. The zero-order chi connectivity index (χ0) is 18.9. The van der Waals surface area contributed by atoms with Gasteiger partial charge in [0.15, 0.2) is 0 Å². The molecule has 4 aliphatic rings. The third kappa shape index (κ3) is 3.85. The predicted molar refractivity (Wildman–Crippen MR) is 108 cm³/mol. The lowest BCUT2D eigenvalue weighted by atomic mass is 9.46. The monoisotopic (exact) mass is 364 g/mol. The van der Waals surface area contributed by atoms with E-state index in [4.69, 9.17) is 4.74 Å². The van der Waals surface area contributed by atoms with Crippen LogP contribution in [-0.2, 0) is 9.53 Å². The lowest BCUT2D eigenvalue weighted by Gasteiger charge is -2.60. The molecule has 5 rings (SSSR count). The van der Waals surface area contributed by atoms with Gasteiger partial charge >= 0.3 is 0 Å². The van der Waals surface area contributed by atoms with Crippen LogP contribution in [-0.4, -0.2) is 18.5 Å². The fraction of sp³-hybridized carbons (Fsp3) is 0.640. The highest BCUT2D eigenvalue weighted by Crippen LogP contribution is 2.61. The van der Waals surface area contributed by atoms with Crippen LogP contribution < -0.4 is 0 Å². The zero-order valence-electron chi connectivity index (χ0n) is 16.7. The van der Waals surface area contributed by atoms with Gasteiger partial charge in [0.1, 0.15) is 11.9 Å². The molecule has 2 nitrogen and oxygen atoms in total. The molecule has 5 atom stereocenters. The van der Waals surface area contributed by atoms with E-state index in [2.05, 4.69) is 25.7 Å². The smallest absolute Gasteiger partial charge is 0.139 e. The third-order valence-electron chi connectivity index (χ3n) is 7.59. The summed E-state index contributed by atoms with van der Waals surface area (Å²) in [6.07, 6.45) is 7.48. The number of benzene rings is 1. The number of hydrogen-bond acceptors (Lipinski definition) is 2. The van der Waals surface area contributed by atoms with Crippen molar-refractivity contribution in [2.45, 2.75) is 64.9 Å². The van der Waals surface area contributed by atoms with Crippen LogP contribution >= 0.6 is 0 Å². The molecule has 0 heterocycles. The van der Waals surface area contributed by atoms with Gasteiger partial charge in [0, 0.05) is 12.0 Å². The van der Waals surface area contributed by atoms with Crippen LogP contribution in [0.5, 0.6) is 0 Å². The first-order chi connectivity index (χ1) is 13.1. The van der Waals surface area contributed by atoms with Gasteiger partial charge in [0.2, 0.25) is 0 Å². The first kappa shape index (κ1) is 18.8. The minimum absolute atomic E-state index is 0.0410. The molecule has 0 N–H and O–H groups in total. The van der Waals surface area contributed by atoms with Gasteiger partial charge in [-0.3, -0.25) is 4.79 Å². The van der Waals surface area contributed by atoms with E-state index in [0.29, 0.717) is 23.5 Å². The molecule has 0 saturated heterocycles. The SMILES string of the molecule is CC1(C)[C@@H]2CC[C@@H](CO[C@H](C#Cc3ccccc3)[C@H]3CCCCC3=O)[C@H]1C2. The summed E-state index contributed by atoms with van der Waals surface area (Å²) in [5.41, 5.74) is 1.47. The van der Waals surface area contributed by atoms with E-state index < -0.39 is 0 Å². The van der Waals surface area contributed by atoms with E-state index in [1.807, 2.05) is 30.3 Å². The van der Waals surface area contributed by atoms with Crippen LogP contribution in [0.15, 0.2) is 30.3 Å². The Hall–Kier alpha value is -1.59. The highest BCUT2D eigenvalue weighted by molar-refractivity contribution is 5.82. The normalized spacial score (nSPS) is 32.7. The quantitative estimate of drug-likeness (QED) is 0.682. The molecule has 0 spiro atoms. The molecule has 2 bridgehead atoms. The molecule has 2 heteroatoms. The van der Waals surface area contributed by atoms with Crippen molar-refractivity contribution in [2.24, 2.45) is 29.1 Å². The second-order valence-electron chi connectivity index (χ2n) is 9.41. The van der Waals surface area contributed by atoms with E-state index in [1.165, 1.54) is 19.3 Å². The molecule has 0 unspecified atom stereocenters. The van der Waals surface area contributed by atoms with Crippen molar-refractivity contribution in [1.82, 2.24) is 0 Å². The Labute approximate surface area is 164 Å². The highest BCUT2D eigenvalue weighted by Gasteiger charge is 2.54. The molecule has 0 amide bonds. The van der Waals surface area contributed by atoms with Gasteiger partial charge in [-0.1, -0.05) is 50.3 Å². The van der Waals surface area contributed by atoms with Crippen LogP contribution in [0.4, 0.5) is 0 Å².